The molecule has 1 fully saturated rings. The Hall–Kier alpha value is -0.830. The highest BCUT2D eigenvalue weighted by atomic mass is 15.2. The van der Waals surface area contributed by atoms with Crippen molar-refractivity contribution < 1.29 is 0 Å². The van der Waals surface area contributed by atoms with Crippen LogP contribution in [0.4, 0.5) is 0 Å². The molecule has 0 spiro atoms. The molecule has 0 aromatic carbocycles. The summed E-state index contributed by atoms with van der Waals surface area (Å²) in [6, 6.07) is 1.09. The van der Waals surface area contributed by atoms with E-state index in [2.05, 4.69) is 37.4 Å². The zero-order valence-electron chi connectivity index (χ0n) is 11.5. The Balaban J connectivity index is 1.86. The van der Waals surface area contributed by atoms with E-state index in [9.17, 15) is 0 Å². The Morgan fingerprint density at radius 1 is 1.41 bits per heavy atom. The van der Waals surface area contributed by atoms with Crippen LogP contribution in [0.3, 0.4) is 0 Å². The van der Waals surface area contributed by atoms with E-state index in [0.717, 1.165) is 0 Å². The van der Waals surface area contributed by atoms with E-state index in [1.165, 1.54) is 31.2 Å². The van der Waals surface area contributed by atoms with Gasteiger partial charge in [0.25, 0.3) is 0 Å². The normalized spacial score (nSPS) is 22.6. The molecule has 0 amide bonds. The smallest absolute Gasteiger partial charge is 0.0537 e. The second-order valence-electron chi connectivity index (χ2n) is 6.27. The Morgan fingerprint density at radius 3 is 2.59 bits per heavy atom. The lowest BCUT2D eigenvalue weighted by atomic mass is 9.75. The molecule has 1 atom stereocenters. The maximum atomic E-state index is 4.23. The van der Waals surface area contributed by atoms with Crippen molar-refractivity contribution in [2.45, 2.75) is 58.5 Å². The fourth-order valence-corrected chi connectivity index (χ4v) is 2.68. The topological polar surface area (TPSA) is 29.9 Å². The lowest BCUT2D eigenvalue weighted by Crippen LogP contribution is -2.36. The Kier molecular flexibility index (Phi) is 3.57. The quantitative estimate of drug-likeness (QED) is 0.872. The number of aryl methyl sites for hydroxylation is 1. The molecule has 0 saturated heterocycles. The zero-order valence-corrected chi connectivity index (χ0v) is 11.5. The van der Waals surface area contributed by atoms with Crippen LogP contribution in [-0.4, -0.2) is 15.8 Å². The molecule has 1 aromatic rings. The maximum absolute atomic E-state index is 4.23. The second kappa shape index (κ2) is 4.81. The lowest BCUT2D eigenvalue weighted by Gasteiger charge is -2.35. The van der Waals surface area contributed by atoms with Crippen molar-refractivity contribution in [1.29, 1.82) is 0 Å². The largest absolute Gasteiger partial charge is 0.307 e. The summed E-state index contributed by atoms with van der Waals surface area (Å²) in [5.41, 5.74) is 1.84. The van der Waals surface area contributed by atoms with Crippen molar-refractivity contribution in [2.75, 3.05) is 0 Å². The third-order valence-electron chi connectivity index (χ3n) is 4.05. The Bertz CT molecular complexity index is 357. The van der Waals surface area contributed by atoms with Gasteiger partial charge in [0.05, 0.1) is 6.20 Å². The highest BCUT2D eigenvalue weighted by Gasteiger charge is 2.27. The Morgan fingerprint density at radius 2 is 2.06 bits per heavy atom. The van der Waals surface area contributed by atoms with Gasteiger partial charge in [-0.15, -0.1) is 0 Å². The van der Waals surface area contributed by atoms with Crippen LogP contribution < -0.4 is 5.32 Å². The predicted molar refractivity (Wildman–Crippen MR) is 70.8 cm³/mol. The average molecular weight is 235 g/mol. The van der Waals surface area contributed by atoms with Crippen LogP contribution in [0, 0.1) is 5.41 Å². The van der Waals surface area contributed by atoms with Crippen LogP contribution in [0.1, 0.15) is 58.1 Å². The minimum absolute atomic E-state index is 0.412. The van der Waals surface area contributed by atoms with Gasteiger partial charge in [0.2, 0.25) is 0 Å². The van der Waals surface area contributed by atoms with Gasteiger partial charge in [-0.2, -0.15) is 5.10 Å². The molecule has 2 rings (SSSR count). The van der Waals surface area contributed by atoms with Crippen LogP contribution >= 0.6 is 0 Å². The molecule has 1 unspecified atom stereocenters. The van der Waals surface area contributed by atoms with Crippen LogP contribution in [0.2, 0.25) is 0 Å². The molecule has 3 nitrogen and oxygen atoms in total. The monoisotopic (exact) mass is 235 g/mol. The molecule has 96 valence electrons. The van der Waals surface area contributed by atoms with Gasteiger partial charge in [0, 0.05) is 30.9 Å². The predicted octanol–water partition coefficient (Wildman–Crippen LogP) is 3.04. The molecule has 1 saturated carbocycles. The van der Waals surface area contributed by atoms with E-state index in [0.29, 0.717) is 17.5 Å². The zero-order chi connectivity index (χ0) is 12.5. The van der Waals surface area contributed by atoms with Gasteiger partial charge < -0.3 is 5.32 Å². The summed E-state index contributed by atoms with van der Waals surface area (Å²) in [5.74, 6) is 0. The molecule has 1 aliphatic rings. The molecule has 0 radical (unpaired) electrons. The highest BCUT2D eigenvalue weighted by molar-refractivity contribution is 5.09. The van der Waals surface area contributed by atoms with Gasteiger partial charge in [-0.3, -0.25) is 4.68 Å². The number of nitrogens with zero attached hydrogens (tertiary/aromatic N) is 2. The van der Waals surface area contributed by atoms with Gasteiger partial charge in [-0.25, -0.2) is 0 Å². The summed E-state index contributed by atoms with van der Waals surface area (Å²) < 4.78 is 1.87. The van der Waals surface area contributed by atoms with Crippen molar-refractivity contribution >= 4 is 0 Å². The first-order valence-corrected chi connectivity index (χ1v) is 6.71. The van der Waals surface area contributed by atoms with Crippen molar-refractivity contribution in [1.82, 2.24) is 15.1 Å². The van der Waals surface area contributed by atoms with Crippen molar-refractivity contribution in [3.63, 3.8) is 0 Å². The summed E-state index contributed by atoms with van der Waals surface area (Å²) in [6.45, 7) is 7.00. The molecule has 3 heteroatoms. The van der Waals surface area contributed by atoms with Crippen LogP contribution in [-0.2, 0) is 7.05 Å². The van der Waals surface area contributed by atoms with Gasteiger partial charge in [-0.1, -0.05) is 13.8 Å². The van der Waals surface area contributed by atoms with Gasteiger partial charge in [0.1, 0.15) is 0 Å². The molecule has 0 bridgehead atoms. The number of hydrogen-bond donors (Lipinski definition) is 1. The minimum Gasteiger partial charge on any atom is -0.307 e. The fourth-order valence-electron chi connectivity index (χ4n) is 2.68. The van der Waals surface area contributed by atoms with Crippen LogP contribution in [0.15, 0.2) is 12.4 Å². The van der Waals surface area contributed by atoms with Gasteiger partial charge >= 0.3 is 0 Å². The fraction of sp³-hybridized carbons (Fsp3) is 0.786. The van der Waals surface area contributed by atoms with E-state index in [-0.39, 0.29) is 0 Å². The number of rotatable bonds is 3. The molecular weight excluding hydrogens is 210 g/mol. The summed E-state index contributed by atoms with van der Waals surface area (Å²) in [5, 5.41) is 7.96. The molecule has 1 N–H and O–H groups in total. The second-order valence-corrected chi connectivity index (χ2v) is 6.27. The van der Waals surface area contributed by atoms with Crippen molar-refractivity contribution in [3.8, 4) is 0 Å². The van der Waals surface area contributed by atoms with Gasteiger partial charge in [-0.05, 0) is 38.0 Å². The summed E-state index contributed by atoms with van der Waals surface area (Å²) in [7, 11) is 1.97. The SMILES string of the molecule is CC(NC1CCC(C)(C)CC1)c1cnn(C)c1. The van der Waals surface area contributed by atoms with Gasteiger partial charge in [0.15, 0.2) is 0 Å². The molecule has 17 heavy (non-hydrogen) atoms. The summed E-state index contributed by atoms with van der Waals surface area (Å²) in [4.78, 5) is 0. The van der Waals surface area contributed by atoms with Crippen molar-refractivity contribution in [2.24, 2.45) is 12.5 Å². The maximum Gasteiger partial charge on any atom is 0.0537 e. The lowest BCUT2D eigenvalue weighted by molar-refractivity contribution is 0.200. The van der Waals surface area contributed by atoms with E-state index in [4.69, 9.17) is 0 Å². The average Bonchev–Trinajstić information content (AvgIpc) is 2.68. The van der Waals surface area contributed by atoms with Crippen LogP contribution in [0.25, 0.3) is 0 Å². The molecule has 1 heterocycles. The first-order valence-electron chi connectivity index (χ1n) is 6.71. The third-order valence-corrected chi connectivity index (χ3v) is 4.05. The molecule has 0 aliphatic heterocycles. The highest BCUT2D eigenvalue weighted by Crippen LogP contribution is 2.35. The van der Waals surface area contributed by atoms with E-state index < -0.39 is 0 Å². The number of nitrogens with one attached hydrogen (secondary N) is 1. The van der Waals surface area contributed by atoms with Crippen molar-refractivity contribution in [3.05, 3.63) is 18.0 Å². The number of hydrogen-bond acceptors (Lipinski definition) is 2. The van der Waals surface area contributed by atoms with E-state index in [1.807, 2.05) is 17.9 Å². The molecule has 1 aromatic heterocycles. The van der Waals surface area contributed by atoms with E-state index in [1.54, 1.807) is 0 Å². The van der Waals surface area contributed by atoms with E-state index >= 15 is 0 Å². The summed E-state index contributed by atoms with van der Waals surface area (Å²) in [6.07, 6.45) is 9.35. The third kappa shape index (κ3) is 3.32. The Labute approximate surface area is 105 Å². The number of aromatic nitrogens is 2. The molecular formula is C14H25N3. The van der Waals surface area contributed by atoms with Crippen LogP contribution in [0.5, 0.6) is 0 Å². The summed E-state index contributed by atoms with van der Waals surface area (Å²) >= 11 is 0. The standard InChI is InChI=1S/C14H25N3/c1-11(12-9-15-17(4)10-12)16-13-5-7-14(2,3)8-6-13/h9-11,13,16H,5-8H2,1-4H3. The first kappa shape index (κ1) is 12.6. The molecule has 1 aliphatic carbocycles. The first-order chi connectivity index (χ1) is 7.96. The minimum atomic E-state index is 0.412.